The fraction of sp³-hybridized carbons (Fsp3) is 0.250. The molecule has 0 saturated carbocycles. The van der Waals surface area contributed by atoms with E-state index >= 15 is 0 Å². The molecule has 0 aliphatic heterocycles. The van der Waals surface area contributed by atoms with Crippen molar-refractivity contribution in [3.8, 4) is 5.75 Å². The number of hydrogen-bond acceptors (Lipinski definition) is 3. The molecule has 3 N–H and O–H groups in total. The van der Waals surface area contributed by atoms with Gasteiger partial charge in [0.1, 0.15) is 5.75 Å². The minimum atomic E-state index is -0.868. The Morgan fingerprint density at radius 2 is 1.86 bits per heavy atom. The van der Waals surface area contributed by atoms with Crippen LogP contribution >= 0.6 is 0 Å². The molecule has 1 unspecified atom stereocenters. The monoisotopic (exact) mass is 292 g/mol. The topological polar surface area (TPSA) is 47.3 Å². The van der Waals surface area contributed by atoms with E-state index in [2.05, 4.69) is 5.43 Å². The third-order valence-corrected chi connectivity index (χ3v) is 3.50. The standard InChI is InChI=1S/C16H18F2N2O/c1-10-7-8-12(16(18)15(10)17)13(20-19)9-11-5-3-4-6-14(11)21-2/h3-8,13,20H,9,19H2,1-2H3. The molecular weight excluding hydrogens is 274 g/mol. The van der Waals surface area contributed by atoms with Crippen LogP contribution in [0.15, 0.2) is 36.4 Å². The van der Waals surface area contributed by atoms with Gasteiger partial charge >= 0.3 is 0 Å². The van der Waals surface area contributed by atoms with Crippen LogP contribution < -0.4 is 16.0 Å². The third kappa shape index (κ3) is 3.20. The van der Waals surface area contributed by atoms with Crippen molar-refractivity contribution >= 4 is 0 Å². The van der Waals surface area contributed by atoms with Crippen molar-refractivity contribution in [3.05, 3.63) is 64.7 Å². The Labute approximate surface area is 122 Å². The number of benzene rings is 2. The van der Waals surface area contributed by atoms with Crippen LogP contribution in [0.2, 0.25) is 0 Å². The van der Waals surface area contributed by atoms with Crippen LogP contribution in [0.1, 0.15) is 22.7 Å². The largest absolute Gasteiger partial charge is 0.496 e. The fourth-order valence-corrected chi connectivity index (χ4v) is 2.28. The molecule has 21 heavy (non-hydrogen) atoms. The van der Waals surface area contributed by atoms with Crippen molar-refractivity contribution in [2.75, 3.05) is 7.11 Å². The minimum Gasteiger partial charge on any atom is -0.496 e. The van der Waals surface area contributed by atoms with Gasteiger partial charge in [-0.2, -0.15) is 0 Å². The summed E-state index contributed by atoms with van der Waals surface area (Å²) < 4.78 is 33.1. The summed E-state index contributed by atoms with van der Waals surface area (Å²) in [5.74, 6) is 4.50. The number of rotatable bonds is 5. The lowest BCUT2D eigenvalue weighted by Crippen LogP contribution is -2.30. The first-order valence-electron chi connectivity index (χ1n) is 6.61. The lowest BCUT2D eigenvalue weighted by atomic mass is 9.97. The van der Waals surface area contributed by atoms with Gasteiger partial charge in [-0.3, -0.25) is 11.3 Å². The third-order valence-electron chi connectivity index (χ3n) is 3.50. The van der Waals surface area contributed by atoms with Crippen LogP contribution in [0.3, 0.4) is 0 Å². The zero-order chi connectivity index (χ0) is 15.4. The summed E-state index contributed by atoms with van der Waals surface area (Å²) in [4.78, 5) is 0. The number of hydrazine groups is 1. The quantitative estimate of drug-likeness (QED) is 0.658. The van der Waals surface area contributed by atoms with Gasteiger partial charge in [0, 0.05) is 5.56 Å². The molecule has 5 heteroatoms. The highest BCUT2D eigenvalue weighted by Crippen LogP contribution is 2.27. The van der Waals surface area contributed by atoms with Crippen LogP contribution in [0.4, 0.5) is 8.78 Å². The Kier molecular flexibility index (Phi) is 4.88. The number of aryl methyl sites for hydroxylation is 1. The average Bonchev–Trinajstić information content (AvgIpc) is 2.51. The molecule has 0 aliphatic rings. The summed E-state index contributed by atoms with van der Waals surface area (Å²) in [6.45, 7) is 1.52. The zero-order valence-electron chi connectivity index (χ0n) is 12.0. The van der Waals surface area contributed by atoms with E-state index in [4.69, 9.17) is 10.6 Å². The zero-order valence-corrected chi connectivity index (χ0v) is 12.0. The summed E-state index contributed by atoms with van der Waals surface area (Å²) in [7, 11) is 1.57. The van der Waals surface area contributed by atoms with Crippen molar-refractivity contribution in [1.29, 1.82) is 0 Å². The molecule has 0 aliphatic carbocycles. The highest BCUT2D eigenvalue weighted by molar-refractivity contribution is 5.36. The molecule has 2 aromatic rings. The molecule has 0 saturated heterocycles. The lowest BCUT2D eigenvalue weighted by Gasteiger charge is -2.19. The van der Waals surface area contributed by atoms with Crippen LogP contribution in [0.25, 0.3) is 0 Å². The summed E-state index contributed by atoms with van der Waals surface area (Å²) >= 11 is 0. The van der Waals surface area contributed by atoms with E-state index in [1.54, 1.807) is 19.2 Å². The number of nitrogens with two attached hydrogens (primary N) is 1. The number of hydrogen-bond donors (Lipinski definition) is 2. The van der Waals surface area contributed by atoms with Gasteiger partial charge in [0.05, 0.1) is 13.2 Å². The summed E-state index contributed by atoms with van der Waals surface area (Å²) in [6, 6.07) is 9.93. The molecule has 1 atom stereocenters. The first-order chi connectivity index (χ1) is 10.1. The molecule has 2 aromatic carbocycles. The first kappa shape index (κ1) is 15.4. The van der Waals surface area contributed by atoms with Gasteiger partial charge in [0.25, 0.3) is 0 Å². The molecule has 0 fully saturated rings. The Bertz CT molecular complexity index is 632. The van der Waals surface area contributed by atoms with Gasteiger partial charge in [-0.05, 0) is 30.5 Å². The van der Waals surface area contributed by atoms with E-state index in [-0.39, 0.29) is 11.1 Å². The second-order valence-corrected chi connectivity index (χ2v) is 4.83. The average molecular weight is 292 g/mol. The predicted octanol–water partition coefficient (Wildman–Crippen LogP) is 3.03. The molecule has 0 spiro atoms. The van der Waals surface area contributed by atoms with Crippen molar-refractivity contribution in [3.63, 3.8) is 0 Å². The van der Waals surface area contributed by atoms with Gasteiger partial charge in [-0.25, -0.2) is 8.78 Å². The number of methoxy groups -OCH3 is 1. The van der Waals surface area contributed by atoms with Gasteiger partial charge < -0.3 is 4.74 Å². The second-order valence-electron chi connectivity index (χ2n) is 4.83. The van der Waals surface area contributed by atoms with Crippen LogP contribution in [0, 0.1) is 18.6 Å². The Morgan fingerprint density at radius 3 is 2.52 bits per heavy atom. The molecule has 0 amide bonds. The van der Waals surface area contributed by atoms with Gasteiger partial charge in [-0.1, -0.05) is 30.3 Å². The van der Waals surface area contributed by atoms with Gasteiger partial charge in [-0.15, -0.1) is 0 Å². The number of para-hydroxylation sites is 1. The van der Waals surface area contributed by atoms with Gasteiger partial charge in [0.15, 0.2) is 11.6 Å². The molecule has 2 rings (SSSR count). The van der Waals surface area contributed by atoms with Crippen molar-refractivity contribution in [1.82, 2.24) is 5.43 Å². The molecule has 0 aromatic heterocycles. The Balaban J connectivity index is 2.35. The van der Waals surface area contributed by atoms with E-state index in [1.165, 1.54) is 6.92 Å². The Morgan fingerprint density at radius 1 is 1.14 bits per heavy atom. The maximum absolute atomic E-state index is 14.1. The van der Waals surface area contributed by atoms with Gasteiger partial charge in [0.2, 0.25) is 0 Å². The molecule has 0 radical (unpaired) electrons. The lowest BCUT2D eigenvalue weighted by molar-refractivity contribution is 0.403. The number of nitrogens with one attached hydrogen (secondary N) is 1. The fourth-order valence-electron chi connectivity index (χ4n) is 2.28. The van der Waals surface area contributed by atoms with Crippen molar-refractivity contribution in [2.24, 2.45) is 5.84 Å². The van der Waals surface area contributed by atoms with E-state index in [0.717, 1.165) is 5.56 Å². The van der Waals surface area contributed by atoms with Crippen molar-refractivity contribution < 1.29 is 13.5 Å². The highest BCUT2D eigenvalue weighted by Gasteiger charge is 2.20. The number of halogens is 2. The molecule has 112 valence electrons. The first-order valence-corrected chi connectivity index (χ1v) is 6.61. The molecule has 0 heterocycles. The molecule has 0 bridgehead atoms. The van der Waals surface area contributed by atoms with Crippen LogP contribution in [0.5, 0.6) is 5.75 Å². The summed E-state index contributed by atoms with van der Waals surface area (Å²) in [5.41, 5.74) is 3.88. The van der Waals surface area contributed by atoms with E-state index in [9.17, 15) is 8.78 Å². The summed E-state index contributed by atoms with van der Waals surface area (Å²) in [5, 5.41) is 0. The predicted molar refractivity (Wildman–Crippen MR) is 77.9 cm³/mol. The molecule has 3 nitrogen and oxygen atoms in total. The molecular formula is C16H18F2N2O. The normalized spacial score (nSPS) is 12.2. The summed E-state index contributed by atoms with van der Waals surface area (Å²) in [6.07, 6.45) is 0.389. The SMILES string of the molecule is COc1ccccc1CC(NN)c1ccc(C)c(F)c1F. The highest BCUT2D eigenvalue weighted by atomic mass is 19.2. The van der Waals surface area contributed by atoms with Crippen molar-refractivity contribution in [2.45, 2.75) is 19.4 Å². The second kappa shape index (κ2) is 6.65. The van der Waals surface area contributed by atoms with Crippen LogP contribution in [-0.2, 0) is 6.42 Å². The van der Waals surface area contributed by atoms with E-state index in [1.807, 2.05) is 24.3 Å². The maximum atomic E-state index is 14.1. The van der Waals surface area contributed by atoms with E-state index < -0.39 is 17.7 Å². The van der Waals surface area contributed by atoms with E-state index in [0.29, 0.717) is 12.2 Å². The minimum absolute atomic E-state index is 0.200. The smallest absolute Gasteiger partial charge is 0.163 e. The Hall–Kier alpha value is -1.98. The maximum Gasteiger partial charge on any atom is 0.163 e. The van der Waals surface area contributed by atoms with Crippen LogP contribution in [-0.4, -0.2) is 7.11 Å². The number of ether oxygens (including phenoxy) is 1.